The number of benzene rings is 1. The fourth-order valence-electron chi connectivity index (χ4n) is 1.53. The fraction of sp³-hybridized carbons (Fsp3) is 0.400. The van der Waals surface area contributed by atoms with E-state index in [-0.39, 0.29) is 6.04 Å². The van der Waals surface area contributed by atoms with Crippen LogP contribution in [0.1, 0.15) is 24.1 Å². The first kappa shape index (κ1) is 8.23. The van der Waals surface area contributed by atoms with Crippen molar-refractivity contribution in [2.45, 2.75) is 19.4 Å². The van der Waals surface area contributed by atoms with E-state index in [9.17, 15) is 4.91 Å². The molecule has 68 valence electrons. The van der Waals surface area contributed by atoms with Crippen molar-refractivity contribution in [3.63, 3.8) is 0 Å². The van der Waals surface area contributed by atoms with Crippen molar-refractivity contribution in [3.05, 3.63) is 34.2 Å². The standard InChI is InChI=1S/C10H11NO2/c1-7(11-12)8-2-3-10-9(6-8)4-5-13-10/h2-3,6-7H,4-5H2,1H3. The molecule has 2 rings (SSSR count). The van der Waals surface area contributed by atoms with E-state index in [1.165, 1.54) is 5.56 Å². The van der Waals surface area contributed by atoms with Gasteiger partial charge in [-0.1, -0.05) is 11.2 Å². The maximum atomic E-state index is 10.3. The molecule has 3 nitrogen and oxygen atoms in total. The Labute approximate surface area is 76.7 Å². The predicted octanol–water partition coefficient (Wildman–Crippen LogP) is 2.45. The molecule has 0 aromatic heterocycles. The van der Waals surface area contributed by atoms with E-state index in [0.717, 1.165) is 24.3 Å². The zero-order valence-electron chi connectivity index (χ0n) is 7.49. The number of rotatable bonds is 2. The highest BCUT2D eigenvalue weighted by atomic mass is 16.5. The minimum absolute atomic E-state index is 0.258. The summed E-state index contributed by atoms with van der Waals surface area (Å²) in [5, 5.41) is 2.99. The van der Waals surface area contributed by atoms with Gasteiger partial charge >= 0.3 is 0 Å². The Balaban J connectivity index is 2.35. The van der Waals surface area contributed by atoms with Crippen LogP contribution in [0.5, 0.6) is 5.75 Å². The number of hydrogen-bond donors (Lipinski definition) is 0. The van der Waals surface area contributed by atoms with Crippen LogP contribution in [0.3, 0.4) is 0 Å². The Bertz CT molecular complexity index is 336. The first-order valence-corrected chi connectivity index (χ1v) is 4.39. The van der Waals surface area contributed by atoms with Crippen LogP contribution in [0, 0.1) is 4.91 Å². The summed E-state index contributed by atoms with van der Waals surface area (Å²) in [6.45, 7) is 2.55. The molecule has 1 aliphatic rings. The van der Waals surface area contributed by atoms with Gasteiger partial charge in [0.25, 0.3) is 0 Å². The van der Waals surface area contributed by atoms with E-state index in [0.29, 0.717) is 0 Å². The SMILES string of the molecule is CC(N=O)c1ccc2c(c1)CCO2. The van der Waals surface area contributed by atoms with Gasteiger partial charge in [-0.2, -0.15) is 4.91 Å². The number of hydrogen-bond acceptors (Lipinski definition) is 3. The summed E-state index contributed by atoms with van der Waals surface area (Å²) in [5.41, 5.74) is 2.16. The molecule has 13 heavy (non-hydrogen) atoms. The van der Waals surface area contributed by atoms with Crippen LogP contribution < -0.4 is 4.74 Å². The van der Waals surface area contributed by atoms with Gasteiger partial charge in [-0.25, -0.2) is 0 Å². The fourth-order valence-corrected chi connectivity index (χ4v) is 1.53. The molecule has 0 saturated carbocycles. The van der Waals surface area contributed by atoms with Gasteiger partial charge < -0.3 is 4.74 Å². The van der Waals surface area contributed by atoms with E-state index in [2.05, 4.69) is 5.18 Å². The molecule has 1 aromatic rings. The molecule has 0 spiro atoms. The quantitative estimate of drug-likeness (QED) is 0.651. The van der Waals surface area contributed by atoms with Crippen LogP contribution in [0.25, 0.3) is 0 Å². The third-order valence-corrected chi connectivity index (χ3v) is 2.35. The molecule has 1 aromatic carbocycles. The van der Waals surface area contributed by atoms with Crippen LogP contribution in [-0.2, 0) is 6.42 Å². The lowest BCUT2D eigenvalue weighted by molar-refractivity contribution is 0.357. The van der Waals surface area contributed by atoms with E-state index in [1.807, 2.05) is 18.2 Å². The van der Waals surface area contributed by atoms with Gasteiger partial charge in [0.1, 0.15) is 11.8 Å². The second-order valence-electron chi connectivity index (χ2n) is 3.25. The average Bonchev–Trinajstić information content (AvgIpc) is 2.63. The van der Waals surface area contributed by atoms with Gasteiger partial charge in [0, 0.05) is 6.42 Å². The lowest BCUT2D eigenvalue weighted by atomic mass is 10.0. The molecule has 1 aliphatic heterocycles. The lowest BCUT2D eigenvalue weighted by Gasteiger charge is -2.04. The number of nitrogens with zero attached hydrogens (tertiary/aromatic N) is 1. The van der Waals surface area contributed by atoms with Gasteiger partial charge in [-0.3, -0.25) is 0 Å². The summed E-state index contributed by atoms with van der Waals surface area (Å²) in [6, 6.07) is 5.56. The molecule has 3 heteroatoms. The molecule has 0 N–H and O–H groups in total. The monoisotopic (exact) mass is 177 g/mol. The maximum Gasteiger partial charge on any atom is 0.122 e. The molecule has 0 saturated heterocycles. The summed E-state index contributed by atoms with van der Waals surface area (Å²) in [5.74, 6) is 0.946. The molecule has 0 fully saturated rings. The highest BCUT2D eigenvalue weighted by molar-refractivity contribution is 5.40. The largest absolute Gasteiger partial charge is 0.493 e. The predicted molar refractivity (Wildman–Crippen MR) is 49.9 cm³/mol. The second-order valence-corrected chi connectivity index (χ2v) is 3.25. The minimum Gasteiger partial charge on any atom is -0.493 e. The molecule has 0 radical (unpaired) electrons. The topological polar surface area (TPSA) is 38.7 Å². The Morgan fingerprint density at radius 1 is 1.54 bits per heavy atom. The first-order chi connectivity index (χ1) is 6.31. The lowest BCUT2D eigenvalue weighted by Crippen LogP contribution is -1.89. The molecule has 1 atom stereocenters. The van der Waals surface area contributed by atoms with Crippen LogP contribution in [0.15, 0.2) is 23.4 Å². The summed E-state index contributed by atoms with van der Waals surface area (Å²) < 4.78 is 5.36. The van der Waals surface area contributed by atoms with Gasteiger partial charge in [0.2, 0.25) is 0 Å². The van der Waals surface area contributed by atoms with Crippen LogP contribution >= 0.6 is 0 Å². The Kier molecular flexibility index (Phi) is 2.00. The van der Waals surface area contributed by atoms with Crippen molar-refractivity contribution in [2.75, 3.05) is 6.61 Å². The smallest absolute Gasteiger partial charge is 0.122 e. The molecule has 1 unspecified atom stereocenters. The van der Waals surface area contributed by atoms with Crippen molar-refractivity contribution in [2.24, 2.45) is 5.18 Å². The van der Waals surface area contributed by atoms with Crippen molar-refractivity contribution < 1.29 is 4.74 Å². The van der Waals surface area contributed by atoms with Crippen molar-refractivity contribution in [1.29, 1.82) is 0 Å². The highest BCUT2D eigenvalue weighted by Gasteiger charge is 2.14. The number of ether oxygens (including phenoxy) is 1. The maximum absolute atomic E-state index is 10.3. The minimum atomic E-state index is -0.258. The number of nitroso groups, excluding NO2 is 1. The second kappa shape index (κ2) is 3.17. The van der Waals surface area contributed by atoms with Gasteiger partial charge in [-0.15, -0.1) is 0 Å². The number of fused-ring (bicyclic) bond motifs is 1. The van der Waals surface area contributed by atoms with Crippen molar-refractivity contribution in [3.8, 4) is 5.75 Å². The van der Waals surface area contributed by atoms with Gasteiger partial charge in [0.15, 0.2) is 0 Å². The summed E-state index contributed by atoms with van der Waals surface area (Å²) in [7, 11) is 0. The summed E-state index contributed by atoms with van der Waals surface area (Å²) in [6.07, 6.45) is 0.939. The van der Waals surface area contributed by atoms with E-state index in [4.69, 9.17) is 4.74 Å². The normalized spacial score (nSPS) is 16.1. The Hall–Kier alpha value is -1.38. The Morgan fingerprint density at radius 2 is 2.38 bits per heavy atom. The molecule has 0 amide bonds. The summed E-state index contributed by atoms with van der Waals surface area (Å²) >= 11 is 0. The molecular formula is C10H11NO2. The van der Waals surface area contributed by atoms with E-state index in [1.54, 1.807) is 6.92 Å². The van der Waals surface area contributed by atoms with Crippen molar-refractivity contribution >= 4 is 0 Å². The molecular weight excluding hydrogens is 166 g/mol. The third kappa shape index (κ3) is 1.41. The molecule has 0 aliphatic carbocycles. The van der Waals surface area contributed by atoms with Crippen molar-refractivity contribution in [1.82, 2.24) is 0 Å². The van der Waals surface area contributed by atoms with Crippen LogP contribution in [-0.4, -0.2) is 6.61 Å². The molecule has 0 bridgehead atoms. The average molecular weight is 177 g/mol. The van der Waals surface area contributed by atoms with E-state index >= 15 is 0 Å². The zero-order chi connectivity index (χ0) is 9.26. The zero-order valence-corrected chi connectivity index (χ0v) is 7.49. The van der Waals surface area contributed by atoms with Gasteiger partial charge in [-0.05, 0) is 30.2 Å². The van der Waals surface area contributed by atoms with E-state index < -0.39 is 0 Å². The first-order valence-electron chi connectivity index (χ1n) is 4.39. The summed E-state index contributed by atoms with van der Waals surface area (Å²) in [4.78, 5) is 10.3. The van der Waals surface area contributed by atoms with Crippen LogP contribution in [0.2, 0.25) is 0 Å². The highest BCUT2D eigenvalue weighted by Crippen LogP contribution is 2.28. The van der Waals surface area contributed by atoms with Gasteiger partial charge in [0.05, 0.1) is 6.61 Å². The Morgan fingerprint density at radius 3 is 3.15 bits per heavy atom. The third-order valence-electron chi connectivity index (χ3n) is 2.35. The molecule has 1 heterocycles. The van der Waals surface area contributed by atoms with Crippen LogP contribution in [0.4, 0.5) is 0 Å².